The molecule has 0 aliphatic rings. The minimum atomic E-state index is -0.861. The Balaban J connectivity index is 2.61. The molecule has 2 nitrogen and oxygen atoms in total. The normalized spacial score (nSPS) is 15.4. The van der Waals surface area contributed by atoms with E-state index < -0.39 is 5.60 Å². The first kappa shape index (κ1) is 12.0. The van der Waals surface area contributed by atoms with Crippen molar-refractivity contribution in [1.82, 2.24) is 5.32 Å². The number of aliphatic hydroxyl groups is 1. The summed E-state index contributed by atoms with van der Waals surface area (Å²) in [5.74, 6) is 0. The molecule has 1 unspecified atom stereocenters. The Hall–Kier alpha value is -0.0900. The molecule has 14 heavy (non-hydrogen) atoms. The molecule has 0 radical (unpaired) electrons. The average Bonchev–Trinajstić information content (AvgIpc) is 2.52. The molecule has 1 heterocycles. The molecule has 0 aromatic carbocycles. The van der Waals surface area contributed by atoms with E-state index in [4.69, 9.17) is 11.6 Å². The summed E-state index contributed by atoms with van der Waals surface area (Å²) in [6.45, 7) is 5.34. The quantitative estimate of drug-likeness (QED) is 0.767. The van der Waals surface area contributed by atoms with Crippen molar-refractivity contribution in [2.24, 2.45) is 0 Å². The van der Waals surface area contributed by atoms with E-state index >= 15 is 0 Å². The number of hydrogen-bond acceptors (Lipinski definition) is 3. The highest BCUT2D eigenvalue weighted by Gasteiger charge is 2.26. The van der Waals surface area contributed by atoms with Crippen LogP contribution in [0.3, 0.4) is 0 Å². The van der Waals surface area contributed by atoms with Gasteiger partial charge < -0.3 is 10.4 Å². The standard InChI is InChI=1S/C10H16ClNOS/c1-3-5-12-7-10(2,13)9-8(11)4-6-14-9/h4,6,12-13H,3,5,7H2,1-2H3. The smallest absolute Gasteiger partial charge is 0.110 e. The predicted molar refractivity (Wildman–Crippen MR) is 62.1 cm³/mol. The Morgan fingerprint density at radius 3 is 2.86 bits per heavy atom. The third-order valence-corrected chi connectivity index (χ3v) is 3.60. The van der Waals surface area contributed by atoms with E-state index in [0.717, 1.165) is 17.8 Å². The highest BCUT2D eigenvalue weighted by Crippen LogP contribution is 2.32. The lowest BCUT2D eigenvalue weighted by molar-refractivity contribution is 0.0611. The van der Waals surface area contributed by atoms with E-state index in [1.807, 2.05) is 11.4 Å². The summed E-state index contributed by atoms with van der Waals surface area (Å²) in [5.41, 5.74) is -0.861. The van der Waals surface area contributed by atoms with Gasteiger partial charge in [-0.3, -0.25) is 0 Å². The highest BCUT2D eigenvalue weighted by atomic mass is 35.5. The molecule has 0 bridgehead atoms. The third kappa shape index (κ3) is 2.95. The molecule has 0 amide bonds. The van der Waals surface area contributed by atoms with E-state index in [-0.39, 0.29) is 0 Å². The van der Waals surface area contributed by atoms with Crippen molar-refractivity contribution in [3.8, 4) is 0 Å². The van der Waals surface area contributed by atoms with Gasteiger partial charge in [-0.05, 0) is 31.3 Å². The molecule has 0 aliphatic heterocycles. The zero-order valence-corrected chi connectivity index (χ0v) is 10.1. The number of halogens is 1. The Morgan fingerprint density at radius 1 is 1.64 bits per heavy atom. The zero-order chi connectivity index (χ0) is 10.6. The minimum Gasteiger partial charge on any atom is -0.383 e. The first-order chi connectivity index (χ1) is 6.58. The molecule has 1 atom stereocenters. The molecule has 1 aromatic heterocycles. The molecular weight excluding hydrogens is 218 g/mol. The van der Waals surface area contributed by atoms with E-state index in [1.54, 1.807) is 6.92 Å². The van der Waals surface area contributed by atoms with Gasteiger partial charge in [-0.2, -0.15) is 0 Å². The minimum absolute atomic E-state index is 0.543. The molecule has 2 N–H and O–H groups in total. The third-order valence-electron chi connectivity index (χ3n) is 2.00. The van der Waals surface area contributed by atoms with Gasteiger partial charge in [0.1, 0.15) is 5.60 Å². The van der Waals surface area contributed by atoms with Crippen molar-refractivity contribution in [2.45, 2.75) is 25.9 Å². The molecule has 0 saturated carbocycles. The van der Waals surface area contributed by atoms with Gasteiger partial charge in [0.2, 0.25) is 0 Å². The van der Waals surface area contributed by atoms with Gasteiger partial charge in [0, 0.05) is 6.54 Å². The summed E-state index contributed by atoms with van der Waals surface area (Å²) in [6, 6.07) is 1.82. The van der Waals surface area contributed by atoms with Crippen LogP contribution in [0.25, 0.3) is 0 Å². The monoisotopic (exact) mass is 233 g/mol. The van der Waals surface area contributed by atoms with Crippen molar-refractivity contribution in [1.29, 1.82) is 0 Å². The van der Waals surface area contributed by atoms with Gasteiger partial charge in [-0.15, -0.1) is 11.3 Å². The van der Waals surface area contributed by atoms with Crippen LogP contribution >= 0.6 is 22.9 Å². The van der Waals surface area contributed by atoms with Crippen LogP contribution < -0.4 is 5.32 Å². The Labute approximate surface area is 93.9 Å². The summed E-state index contributed by atoms with van der Waals surface area (Å²) >= 11 is 7.45. The lowest BCUT2D eigenvalue weighted by Crippen LogP contribution is -2.35. The van der Waals surface area contributed by atoms with Gasteiger partial charge >= 0.3 is 0 Å². The second kappa shape index (κ2) is 5.12. The topological polar surface area (TPSA) is 32.3 Å². The first-order valence-electron chi connectivity index (χ1n) is 4.74. The summed E-state index contributed by atoms with van der Waals surface area (Å²) in [5, 5.41) is 15.9. The van der Waals surface area contributed by atoms with Crippen LogP contribution in [0.2, 0.25) is 5.02 Å². The maximum absolute atomic E-state index is 10.1. The molecule has 1 rings (SSSR count). The van der Waals surface area contributed by atoms with Crippen molar-refractivity contribution in [2.75, 3.05) is 13.1 Å². The van der Waals surface area contributed by atoms with Crippen molar-refractivity contribution in [3.05, 3.63) is 21.3 Å². The largest absolute Gasteiger partial charge is 0.383 e. The second-order valence-corrected chi connectivity index (χ2v) is 4.87. The number of hydrogen-bond donors (Lipinski definition) is 2. The van der Waals surface area contributed by atoms with E-state index in [2.05, 4.69) is 12.2 Å². The average molecular weight is 234 g/mol. The van der Waals surface area contributed by atoms with Crippen molar-refractivity contribution >= 4 is 22.9 Å². The Kier molecular flexibility index (Phi) is 4.38. The molecule has 0 spiro atoms. The zero-order valence-electron chi connectivity index (χ0n) is 8.51. The molecule has 80 valence electrons. The molecule has 1 aromatic rings. The molecule has 0 saturated heterocycles. The maximum Gasteiger partial charge on any atom is 0.110 e. The SMILES string of the molecule is CCCNCC(C)(O)c1sccc1Cl. The second-order valence-electron chi connectivity index (χ2n) is 3.55. The summed E-state index contributed by atoms with van der Waals surface area (Å²) in [7, 11) is 0. The maximum atomic E-state index is 10.1. The molecule has 0 aliphatic carbocycles. The van der Waals surface area contributed by atoms with Crippen molar-refractivity contribution in [3.63, 3.8) is 0 Å². The Morgan fingerprint density at radius 2 is 2.36 bits per heavy atom. The number of thiophene rings is 1. The number of nitrogens with one attached hydrogen (secondary N) is 1. The fourth-order valence-electron chi connectivity index (χ4n) is 1.27. The highest BCUT2D eigenvalue weighted by molar-refractivity contribution is 7.10. The summed E-state index contributed by atoms with van der Waals surface area (Å²) in [4.78, 5) is 0.836. The molecular formula is C10H16ClNOS. The van der Waals surface area contributed by atoms with E-state index in [1.165, 1.54) is 11.3 Å². The van der Waals surface area contributed by atoms with Gasteiger partial charge in [0.05, 0.1) is 9.90 Å². The van der Waals surface area contributed by atoms with Crippen LogP contribution in [-0.2, 0) is 5.60 Å². The molecule has 0 fully saturated rings. The fourth-order valence-corrected chi connectivity index (χ4v) is 2.59. The first-order valence-corrected chi connectivity index (χ1v) is 6.00. The van der Waals surface area contributed by atoms with E-state index in [0.29, 0.717) is 11.6 Å². The van der Waals surface area contributed by atoms with Gasteiger partial charge in [0.15, 0.2) is 0 Å². The summed E-state index contributed by atoms with van der Waals surface area (Å²) < 4.78 is 0. The van der Waals surface area contributed by atoms with Crippen LogP contribution in [0.15, 0.2) is 11.4 Å². The van der Waals surface area contributed by atoms with E-state index in [9.17, 15) is 5.11 Å². The van der Waals surface area contributed by atoms with Gasteiger partial charge in [-0.1, -0.05) is 18.5 Å². The Bertz CT molecular complexity index is 285. The lowest BCUT2D eigenvalue weighted by atomic mass is 10.1. The summed E-state index contributed by atoms with van der Waals surface area (Å²) in [6.07, 6.45) is 1.06. The van der Waals surface area contributed by atoms with Gasteiger partial charge in [0.25, 0.3) is 0 Å². The van der Waals surface area contributed by atoms with Crippen LogP contribution in [0.1, 0.15) is 25.1 Å². The van der Waals surface area contributed by atoms with Crippen LogP contribution in [0, 0.1) is 0 Å². The van der Waals surface area contributed by atoms with Crippen molar-refractivity contribution < 1.29 is 5.11 Å². The molecule has 4 heteroatoms. The van der Waals surface area contributed by atoms with Crippen LogP contribution in [0.4, 0.5) is 0 Å². The predicted octanol–water partition coefficient (Wildman–Crippen LogP) is 2.61. The van der Waals surface area contributed by atoms with Gasteiger partial charge in [-0.25, -0.2) is 0 Å². The lowest BCUT2D eigenvalue weighted by Gasteiger charge is -2.22. The number of rotatable bonds is 5. The van der Waals surface area contributed by atoms with Crippen LogP contribution in [0.5, 0.6) is 0 Å². The fraction of sp³-hybridized carbons (Fsp3) is 0.600. The van der Waals surface area contributed by atoms with Crippen LogP contribution in [-0.4, -0.2) is 18.2 Å².